The highest BCUT2D eigenvalue weighted by atomic mass is 35.5. The Labute approximate surface area is 149 Å². The van der Waals surface area contributed by atoms with Crippen LogP contribution in [0.4, 0.5) is 11.6 Å². The second kappa shape index (κ2) is 7.27. The summed E-state index contributed by atoms with van der Waals surface area (Å²) in [5.41, 5.74) is 1.91. The summed E-state index contributed by atoms with van der Waals surface area (Å²) in [6.45, 7) is 0. The molecule has 7 heteroatoms. The van der Waals surface area contributed by atoms with Gasteiger partial charge in [0.1, 0.15) is 11.4 Å². The van der Waals surface area contributed by atoms with Gasteiger partial charge in [-0.3, -0.25) is 0 Å². The van der Waals surface area contributed by atoms with Crippen molar-refractivity contribution in [2.45, 2.75) is 0 Å². The molecule has 2 aromatic carbocycles. The minimum absolute atomic E-state index is 0.187. The van der Waals surface area contributed by atoms with Crippen molar-refractivity contribution in [3.8, 4) is 17.0 Å². The second-order valence-electron chi connectivity index (χ2n) is 5.09. The summed E-state index contributed by atoms with van der Waals surface area (Å²) in [4.78, 5) is 12.2. The Morgan fingerprint density at radius 3 is 2.56 bits per heavy atom. The summed E-state index contributed by atoms with van der Waals surface area (Å²) < 4.78 is 15.3. The van der Waals surface area contributed by atoms with Crippen molar-refractivity contribution < 1.29 is 18.8 Å². The third-order valence-corrected chi connectivity index (χ3v) is 3.76. The van der Waals surface area contributed by atoms with Gasteiger partial charge < -0.3 is 19.3 Å². The molecule has 1 heterocycles. The maximum atomic E-state index is 12.2. The number of aromatic nitrogens is 1. The third kappa shape index (κ3) is 3.59. The number of anilines is 2. The van der Waals surface area contributed by atoms with Crippen molar-refractivity contribution in [1.82, 2.24) is 5.16 Å². The van der Waals surface area contributed by atoms with Gasteiger partial charge in [0.2, 0.25) is 5.88 Å². The van der Waals surface area contributed by atoms with Gasteiger partial charge in [-0.2, -0.15) is 0 Å². The monoisotopic (exact) mass is 358 g/mol. The molecule has 0 amide bonds. The number of hydrogen-bond acceptors (Lipinski definition) is 6. The quantitative estimate of drug-likeness (QED) is 0.675. The lowest BCUT2D eigenvalue weighted by Crippen LogP contribution is -2.05. The number of rotatable bonds is 5. The number of nitrogens with zero attached hydrogens (tertiary/aromatic N) is 1. The van der Waals surface area contributed by atoms with Gasteiger partial charge in [0.05, 0.1) is 14.2 Å². The average molecular weight is 359 g/mol. The van der Waals surface area contributed by atoms with Gasteiger partial charge in [0, 0.05) is 16.3 Å². The molecule has 1 N–H and O–H groups in total. The number of nitrogens with one attached hydrogen (secondary N) is 1. The van der Waals surface area contributed by atoms with E-state index in [1.807, 2.05) is 0 Å². The molecule has 0 unspecified atom stereocenters. The minimum atomic E-state index is -0.563. The first kappa shape index (κ1) is 16.9. The molecule has 0 bridgehead atoms. The lowest BCUT2D eigenvalue weighted by atomic mass is 10.1. The Kier molecular flexibility index (Phi) is 4.90. The molecule has 6 nitrogen and oxygen atoms in total. The molecular formula is C18H15ClN2O4. The lowest BCUT2D eigenvalue weighted by Gasteiger charge is -2.06. The van der Waals surface area contributed by atoms with Crippen molar-refractivity contribution in [3.63, 3.8) is 0 Å². The molecule has 0 fully saturated rings. The SMILES string of the molecule is COC(=O)c1c(-c2cccc(Cl)c2)noc1Nc1ccc(OC)cc1. The fourth-order valence-corrected chi connectivity index (χ4v) is 2.50. The summed E-state index contributed by atoms with van der Waals surface area (Å²) in [5, 5.41) is 7.56. The van der Waals surface area contributed by atoms with E-state index < -0.39 is 5.97 Å². The van der Waals surface area contributed by atoms with E-state index in [0.29, 0.717) is 22.0 Å². The van der Waals surface area contributed by atoms with Crippen molar-refractivity contribution in [1.29, 1.82) is 0 Å². The molecule has 128 valence electrons. The molecule has 0 atom stereocenters. The molecule has 0 aliphatic carbocycles. The maximum absolute atomic E-state index is 12.2. The van der Waals surface area contributed by atoms with Crippen molar-refractivity contribution in [2.24, 2.45) is 0 Å². The number of carbonyl (C=O) groups is 1. The van der Waals surface area contributed by atoms with E-state index in [9.17, 15) is 4.79 Å². The number of ether oxygens (including phenoxy) is 2. The van der Waals surface area contributed by atoms with Crippen LogP contribution in [0.5, 0.6) is 5.75 Å². The van der Waals surface area contributed by atoms with Crippen LogP contribution in [0.3, 0.4) is 0 Å². The first-order valence-corrected chi connectivity index (χ1v) is 7.75. The number of hydrogen-bond donors (Lipinski definition) is 1. The molecule has 25 heavy (non-hydrogen) atoms. The fourth-order valence-electron chi connectivity index (χ4n) is 2.31. The summed E-state index contributed by atoms with van der Waals surface area (Å²) in [7, 11) is 2.89. The molecule has 0 aliphatic rings. The highest BCUT2D eigenvalue weighted by Crippen LogP contribution is 2.32. The molecule has 0 radical (unpaired) electrons. The zero-order valence-corrected chi connectivity index (χ0v) is 14.3. The van der Waals surface area contributed by atoms with E-state index in [1.54, 1.807) is 55.6 Å². The van der Waals surface area contributed by atoms with E-state index in [-0.39, 0.29) is 11.4 Å². The number of halogens is 1. The first-order valence-electron chi connectivity index (χ1n) is 7.37. The van der Waals surface area contributed by atoms with Crippen LogP contribution in [-0.2, 0) is 4.74 Å². The molecule has 0 saturated carbocycles. The van der Waals surface area contributed by atoms with Gasteiger partial charge in [-0.05, 0) is 36.4 Å². The van der Waals surface area contributed by atoms with Crippen molar-refractivity contribution in [3.05, 3.63) is 59.1 Å². The molecule has 0 aliphatic heterocycles. The number of methoxy groups -OCH3 is 2. The van der Waals surface area contributed by atoms with Gasteiger partial charge in [0.15, 0.2) is 5.56 Å². The Hall–Kier alpha value is -2.99. The highest BCUT2D eigenvalue weighted by Gasteiger charge is 2.25. The Balaban J connectivity index is 2.00. The van der Waals surface area contributed by atoms with E-state index in [4.69, 9.17) is 25.6 Å². The minimum Gasteiger partial charge on any atom is -0.497 e. The van der Waals surface area contributed by atoms with E-state index in [0.717, 1.165) is 5.75 Å². The predicted molar refractivity (Wildman–Crippen MR) is 94.6 cm³/mol. The topological polar surface area (TPSA) is 73.6 Å². The zero-order chi connectivity index (χ0) is 17.8. The Bertz CT molecular complexity index is 890. The molecule has 3 aromatic rings. The first-order chi connectivity index (χ1) is 12.1. The standard InChI is InChI=1S/C18H15ClN2O4/c1-23-14-8-6-13(7-9-14)20-17-15(18(22)24-2)16(21-25-17)11-4-3-5-12(19)10-11/h3-10,20H,1-2H3. The zero-order valence-electron chi connectivity index (χ0n) is 13.6. The van der Waals surface area contributed by atoms with Gasteiger partial charge >= 0.3 is 5.97 Å². The van der Waals surface area contributed by atoms with Gasteiger partial charge in [0.25, 0.3) is 0 Å². The van der Waals surface area contributed by atoms with Crippen LogP contribution in [0.25, 0.3) is 11.3 Å². The van der Waals surface area contributed by atoms with Crippen LogP contribution in [-0.4, -0.2) is 25.3 Å². The van der Waals surface area contributed by atoms with Crippen LogP contribution in [0.2, 0.25) is 5.02 Å². The highest BCUT2D eigenvalue weighted by molar-refractivity contribution is 6.30. The second-order valence-corrected chi connectivity index (χ2v) is 5.53. The molecule has 0 spiro atoms. The summed E-state index contributed by atoms with van der Waals surface area (Å²) in [6.07, 6.45) is 0. The summed E-state index contributed by atoms with van der Waals surface area (Å²) >= 11 is 6.02. The number of carbonyl (C=O) groups excluding carboxylic acids is 1. The van der Waals surface area contributed by atoms with Crippen molar-refractivity contribution in [2.75, 3.05) is 19.5 Å². The van der Waals surface area contributed by atoms with Crippen LogP contribution >= 0.6 is 11.6 Å². The Morgan fingerprint density at radius 1 is 1.16 bits per heavy atom. The molecular weight excluding hydrogens is 344 g/mol. The van der Waals surface area contributed by atoms with E-state index in [2.05, 4.69) is 10.5 Å². The molecule has 3 rings (SSSR count). The van der Waals surface area contributed by atoms with Gasteiger partial charge in [-0.25, -0.2) is 4.79 Å². The fraction of sp³-hybridized carbons (Fsp3) is 0.111. The maximum Gasteiger partial charge on any atom is 0.345 e. The van der Waals surface area contributed by atoms with Gasteiger partial charge in [-0.15, -0.1) is 0 Å². The summed E-state index contributed by atoms with van der Waals surface area (Å²) in [6, 6.07) is 14.1. The number of esters is 1. The lowest BCUT2D eigenvalue weighted by molar-refractivity contribution is 0.0602. The normalized spacial score (nSPS) is 10.4. The van der Waals surface area contributed by atoms with E-state index in [1.165, 1.54) is 7.11 Å². The average Bonchev–Trinajstić information content (AvgIpc) is 3.05. The van der Waals surface area contributed by atoms with Gasteiger partial charge in [-0.1, -0.05) is 28.9 Å². The summed E-state index contributed by atoms with van der Waals surface area (Å²) in [5.74, 6) is 0.343. The van der Waals surface area contributed by atoms with Crippen LogP contribution < -0.4 is 10.1 Å². The van der Waals surface area contributed by atoms with E-state index >= 15 is 0 Å². The van der Waals surface area contributed by atoms with Crippen LogP contribution in [0, 0.1) is 0 Å². The number of benzene rings is 2. The van der Waals surface area contributed by atoms with Crippen LogP contribution in [0.1, 0.15) is 10.4 Å². The largest absolute Gasteiger partial charge is 0.497 e. The van der Waals surface area contributed by atoms with Crippen molar-refractivity contribution >= 4 is 29.1 Å². The third-order valence-electron chi connectivity index (χ3n) is 3.53. The predicted octanol–water partition coefficient (Wildman–Crippen LogP) is 4.53. The molecule has 0 saturated heterocycles. The van der Waals surface area contributed by atoms with Crippen LogP contribution in [0.15, 0.2) is 53.1 Å². The molecule has 1 aromatic heterocycles. The Morgan fingerprint density at radius 2 is 1.92 bits per heavy atom. The smallest absolute Gasteiger partial charge is 0.345 e.